The maximum absolute atomic E-state index is 12.1. The van der Waals surface area contributed by atoms with Crippen LogP contribution < -0.4 is 19.6 Å². The average Bonchev–Trinajstić information content (AvgIpc) is 3.09. The molecule has 0 bridgehead atoms. The van der Waals surface area contributed by atoms with Crippen LogP contribution in [0.3, 0.4) is 0 Å². The van der Waals surface area contributed by atoms with Crippen molar-refractivity contribution in [2.24, 2.45) is 0 Å². The number of quaternary nitrogens is 1. The number of hydrogen-bond donors (Lipinski definition) is 1. The summed E-state index contributed by atoms with van der Waals surface area (Å²) in [6.07, 6.45) is 18.5. The van der Waals surface area contributed by atoms with Gasteiger partial charge in [-0.1, -0.05) is 90.0 Å². The summed E-state index contributed by atoms with van der Waals surface area (Å²) in [7, 11) is 0. The Labute approximate surface area is 286 Å². The Hall–Kier alpha value is -3.32. The van der Waals surface area contributed by atoms with E-state index in [-0.39, 0.29) is 11.5 Å². The maximum atomic E-state index is 12.1. The Morgan fingerprint density at radius 2 is 1.23 bits per heavy atom. The van der Waals surface area contributed by atoms with Gasteiger partial charge in [0.25, 0.3) is 0 Å². The van der Waals surface area contributed by atoms with Crippen molar-refractivity contribution >= 4 is 23.7 Å². The minimum Gasteiger partial charge on any atom is -0.545 e. The summed E-state index contributed by atoms with van der Waals surface area (Å²) >= 11 is 0. The van der Waals surface area contributed by atoms with E-state index in [9.17, 15) is 14.7 Å². The van der Waals surface area contributed by atoms with Crippen LogP contribution in [0.15, 0.2) is 54.6 Å². The molecule has 1 N–H and O–H groups in total. The number of carboxylic acid groups (broad SMARTS) is 1. The van der Waals surface area contributed by atoms with Crippen molar-refractivity contribution in [3.8, 4) is 5.75 Å². The Bertz CT molecular complexity index is 1070. The molecule has 264 valence electrons. The molecule has 0 saturated heterocycles. The van der Waals surface area contributed by atoms with E-state index in [4.69, 9.17) is 9.47 Å². The number of carboxylic acids is 1. The number of nitrogens with zero attached hydrogens (tertiary/aromatic N) is 1. The van der Waals surface area contributed by atoms with Crippen LogP contribution in [0.25, 0.3) is 6.08 Å². The van der Waals surface area contributed by atoms with Crippen LogP contribution in [0.4, 0.5) is 5.69 Å². The number of aromatic carboxylic acids is 1. The number of carbonyl (C=O) groups excluding carboxylic acids is 2. The lowest BCUT2D eigenvalue weighted by Crippen LogP contribution is -3.12. The molecule has 0 unspecified atom stereocenters. The highest BCUT2D eigenvalue weighted by Crippen LogP contribution is 2.15. The summed E-state index contributed by atoms with van der Waals surface area (Å²) in [6, 6.07) is 14.6. The van der Waals surface area contributed by atoms with Crippen molar-refractivity contribution in [2.75, 3.05) is 50.8 Å². The monoisotopic (exact) mass is 652 g/mol. The number of unbranched alkanes of at least 4 members (excludes halogenated alkanes) is 9. The number of nitrogens with one attached hydrogen (secondary N) is 1. The van der Waals surface area contributed by atoms with Gasteiger partial charge in [0.1, 0.15) is 18.9 Å². The van der Waals surface area contributed by atoms with E-state index in [2.05, 4.69) is 39.5 Å². The van der Waals surface area contributed by atoms with Crippen molar-refractivity contribution in [1.82, 2.24) is 0 Å². The van der Waals surface area contributed by atoms with Crippen LogP contribution in [0.1, 0.15) is 128 Å². The van der Waals surface area contributed by atoms with E-state index in [1.165, 1.54) is 89.8 Å². The Morgan fingerprint density at radius 1 is 0.681 bits per heavy atom. The highest BCUT2D eigenvalue weighted by molar-refractivity contribution is 5.87. The van der Waals surface area contributed by atoms with Gasteiger partial charge in [0.2, 0.25) is 0 Å². The van der Waals surface area contributed by atoms with Crippen LogP contribution in [0.5, 0.6) is 5.75 Å². The Kier molecular flexibility index (Phi) is 24.6. The van der Waals surface area contributed by atoms with Crippen LogP contribution in [-0.2, 0) is 9.53 Å². The summed E-state index contributed by atoms with van der Waals surface area (Å²) in [4.78, 5) is 26.4. The normalized spacial score (nSPS) is 10.9. The van der Waals surface area contributed by atoms with E-state index in [1.807, 2.05) is 30.3 Å². The smallest absolute Gasteiger partial charge is 0.330 e. The molecule has 47 heavy (non-hydrogen) atoms. The molecular formula is C40H64N2O5. The Morgan fingerprint density at radius 3 is 1.74 bits per heavy atom. The van der Waals surface area contributed by atoms with Crippen molar-refractivity contribution in [3.05, 3.63) is 65.7 Å². The third-order valence-electron chi connectivity index (χ3n) is 8.26. The molecule has 0 aliphatic carbocycles. The molecule has 2 aromatic carbocycles. The first kappa shape index (κ1) is 41.7. The van der Waals surface area contributed by atoms with Gasteiger partial charge < -0.3 is 29.2 Å². The third-order valence-corrected chi connectivity index (χ3v) is 8.26. The zero-order valence-electron chi connectivity index (χ0n) is 30.2. The Balaban J connectivity index is 0.000000654. The summed E-state index contributed by atoms with van der Waals surface area (Å²) in [5.41, 5.74) is 2.24. The molecule has 0 fully saturated rings. The maximum Gasteiger partial charge on any atom is 0.330 e. The summed E-state index contributed by atoms with van der Waals surface area (Å²) in [5, 5.41) is 10.5. The fourth-order valence-electron chi connectivity index (χ4n) is 5.28. The third kappa shape index (κ3) is 20.5. The second-order valence-electron chi connectivity index (χ2n) is 12.1. The molecule has 0 aliphatic heterocycles. The number of ether oxygens (including phenoxy) is 2. The minimum atomic E-state index is -1.13. The molecule has 0 atom stereocenters. The van der Waals surface area contributed by atoms with Gasteiger partial charge in [-0.3, -0.25) is 0 Å². The summed E-state index contributed by atoms with van der Waals surface area (Å²) < 4.78 is 11.3. The lowest BCUT2D eigenvalue weighted by Gasteiger charge is -2.21. The van der Waals surface area contributed by atoms with Gasteiger partial charge >= 0.3 is 5.97 Å². The van der Waals surface area contributed by atoms with E-state index in [0.717, 1.165) is 49.7 Å². The van der Waals surface area contributed by atoms with E-state index < -0.39 is 5.97 Å². The quantitative estimate of drug-likeness (QED) is 0.0698. The zero-order valence-corrected chi connectivity index (χ0v) is 30.2. The average molecular weight is 653 g/mol. The summed E-state index contributed by atoms with van der Waals surface area (Å²) in [6.45, 7) is 17.2. The van der Waals surface area contributed by atoms with Gasteiger partial charge in [0.15, 0.2) is 0 Å². The van der Waals surface area contributed by atoms with Gasteiger partial charge in [-0.15, -0.1) is 0 Å². The molecule has 7 heteroatoms. The van der Waals surface area contributed by atoms with E-state index in [0.29, 0.717) is 6.61 Å². The van der Waals surface area contributed by atoms with Crippen LogP contribution in [0, 0.1) is 0 Å². The number of esters is 1. The molecule has 0 saturated carbocycles. The van der Waals surface area contributed by atoms with E-state index in [1.54, 1.807) is 29.2 Å². The fourth-order valence-corrected chi connectivity index (χ4v) is 5.28. The number of rotatable bonds is 25. The molecule has 2 aromatic rings. The largest absolute Gasteiger partial charge is 0.545 e. The predicted molar refractivity (Wildman–Crippen MR) is 194 cm³/mol. The molecule has 0 aromatic heterocycles. The van der Waals surface area contributed by atoms with Gasteiger partial charge in [-0.25, -0.2) is 4.79 Å². The standard InChI is InChI=1S/C29H49NO3.C11H15NO2/c1-4-7-10-13-22-30(23-14-11-8-5-2)24-26-33-29(31)21-18-27-16-19-28(20-17-27)32-25-15-12-9-6-3;1-3-12(4-2)10-7-5-9(6-8-10)11(13)14/h16-21H,4-15,22-26H2,1-3H3;5-8H,3-4H2,1-2H3,(H,13,14). The number of benzene rings is 2. The SMILES string of the molecule is CCCCCCOc1ccc(C=CC(=O)OCC[NH+](CCCCCC)CCCCCC)cc1.CCN(CC)c1ccc(C(=O)[O-])cc1. The van der Waals surface area contributed by atoms with Crippen LogP contribution >= 0.6 is 0 Å². The number of carbonyl (C=O) groups is 2. The first-order chi connectivity index (χ1) is 22.9. The van der Waals surface area contributed by atoms with Crippen molar-refractivity contribution < 1.29 is 29.1 Å². The van der Waals surface area contributed by atoms with Crippen LogP contribution in [-0.4, -0.2) is 57.9 Å². The van der Waals surface area contributed by atoms with E-state index >= 15 is 0 Å². The van der Waals surface area contributed by atoms with Gasteiger partial charge in [-0.2, -0.15) is 0 Å². The van der Waals surface area contributed by atoms with Crippen molar-refractivity contribution in [2.45, 2.75) is 112 Å². The lowest BCUT2D eigenvalue weighted by molar-refractivity contribution is -0.900. The molecule has 0 amide bonds. The topological polar surface area (TPSA) is 83.3 Å². The second kappa shape index (κ2) is 27.8. The minimum absolute atomic E-state index is 0.223. The first-order valence-corrected chi connectivity index (χ1v) is 18.4. The van der Waals surface area contributed by atoms with Gasteiger partial charge in [-0.05, 0) is 87.4 Å². The number of anilines is 1. The lowest BCUT2D eigenvalue weighted by atomic mass is 10.1. The summed E-state index contributed by atoms with van der Waals surface area (Å²) in [5.74, 6) is -0.508. The number of hydrogen-bond acceptors (Lipinski definition) is 6. The molecule has 0 spiro atoms. The highest BCUT2D eigenvalue weighted by atomic mass is 16.5. The van der Waals surface area contributed by atoms with Crippen molar-refractivity contribution in [1.29, 1.82) is 0 Å². The van der Waals surface area contributed by atoms with Gasteiger partial charge in [0, 0.05) is 24.9 Å². The second-order valence-corrected chi connectivity index (χ2v) is 12.1. The fraction of sp³-hybridized carbons (Fsp3) is 0.600. The predicted octanol–water partition coefficient (Wildman–Crippen LogP) is 7.14. The molecule has 7 nitrogen and oxygen atoms in total. The van der Waals surface area contributed by atoms with Gasteiger partial charge in [0.05, 0.1) is 25.7 Å². The van der Waals surface area contributed by atoms with Crippen LogP contribution in [0.2, 0.25) is 0 Å². The van der Waals surface area contributed by atoms with Crippen molar-refractivity contribution in [3.63, 3.8) is 0 Å². The molecule has 2 rings (SSSR count). The molecule has 0 aliphatic rings. The zero-order chi connectivity index (χ0) is 34.5. The molecule has 0 heterocycles. The molecule has 0 radical (unpaired) electrons. The first-order valence-electron chi connectivity index (χ1n) is 18.4. The molecular weight excluding hydrogens is 588 g/mol. The highest BCUT2D eigenvalue weighted by Gasteiger charge is 2.09.